The minimum Gasteiger partial charge on any atom is -0.447 e. The lowest BCUT2D eigenvalue weighted by atomic mass is 9.69. The number of β-lactam (4-membered cyclic amide) rings is 1. The number of anilines is 1. The van der Waals surface area contributed by atoms with E-state index in [0.29, 0.717) is 13.1 Å². The number of aryl methyl sites for hydroxylation is 2. The van der Waals surface area contributed by atoms with Gasteiger partial charge in [0.15, 0.2) is 0 Å². The Bertz CT molecular complexity index is 1060. The van der Waals surface area contributed by atoms with Gasteiger partial charge in [0.05, 0.1) is 0 Å². The third-order valence-electron chi connectivity index (χ3n) is 5.68. The van der Waals surface area contributed by atoms with Gasteiger partial charge in [-0.1, -0.05) is 48.5 Å². The largest absolute Gasteiger partial charge is 0.447 e. The first kappa shape index (κ1) is 17.7. The van der Waals surface area contributed by atoms with Gasteiger partial charge in [0.2, 0.25) is 6.10 Å². The van der Waals surface area contributed by atoms with Crippen LogP contribution in [0.25, 0.3) is 0 Å². The second-order valence-corrected chi connectivity index (χ2v) is 7.53. The summed E-state index contributed by atoms with van der Waals surface area (Å²) in [6, 6.07) is 20.3. The monoisotopic (exact) mass is 386 g/mol. The van der Waals surface area contributed by atoms with Gasteiger partial charge in [-0.25, -0.2) is 9.97 Å². The number of rotatable bonds is 3. The first-order valence-corrected chi connectivity index (χ1v) is 9.80. The molecule has 1 fully saturated rings. The van der Waals surface area contributed by atoms with Crippen LogP contribution in [0.5, 0.6) is 6.01 Å². The molecule has 29 heavy (non-hydrogen) atoms. The van der Waals surface area contributed by atoms with Crippen molar-refractivity contribution in [3.05, 3.63) is 83.2 Å². The fraction of sp³-hybridized carbons (Fsp3) is 0.261. The molecule has 1 N–H and O–H groups in total. The molecule has 6 nitrogen and oxygen atoms in total. The predicted molar refractivity (Wildman–Crippen MR) is 110 cm³/mol. The van der Waals surface area contributed by atoms with Crippen LogP contribution in [0.3, 0.4) is 0 Å². The van der Waals surface area contributed by atoms with Gasteiger partial charge >= 0.3 is 6.01 Å². The first-order chi connectivity index (χ1) is 14.1. The molecular weight excluding hydrogens is 364 g/mol. The van der Waals surface area contributed by atoms with Crippen LogP contribution in [0.15, 0.2) is 60.7 Å². The highest BCUT2D eigenvalue weighted by molar-refractivity contribution is 5.94. The van der Waals surface area contributed by atoms with E-state index in [0.717, 1.165) is 28.2 Å². The molecule has 3 aromatic rings. The van der Waals surface area contributed by atoms with Crippen LogP contribution in [0.1, 0.15) is 22.5 Å². The van der Waals surface area contributed by atoms with Gasteiger partial charge in [-0.2, -0.15) is 0 Å². The maximum absolute atomic E-state index is 13.2. The van der Waals surface area contributed by atoms with Crippen molar-refractivity contribution in [1.29, 1.82) is 0 Å². The van der Waals surface area contributed by atoms with E-state index in [2.05, 4.69) is 39.6 Å². The van der Waals surface area contributed by atoms with E-state index in [9.17, 15) is 4.79 Å². The van der Waals surface area contributed by atoms with Crippen LogP contribution in [-0.2, 0) is 10.3 Å². The topological polar surface area (TPSA) is 67.3 Å². The maximum atomic E-state index is 13.2. The summed E-state index contributed by atoms with van der Waals surface area (Å²) in [7, 11) is 0. The maximum Gasteiger partial charge on any atom is 0.317 e. The Labute approximate surface area is 169 Å². The van der Waals surface area contributed by atoms with Crippen molar-refractivity contribution in [2.24, 2.45) is 0 Å². The van der Waals surface area contributed by atoms with Crippen LogP contribution in [0, 0.1) is 13.8 Å². The predicted octanol–water partition coefficient (Wildman–Crippen LogP) is 3.05. The fourth-order valence-electron chi connectivity index (χ4n) is 4.56. The van der Waals surface area contributed by atoms with E-state index >= 15 is 0 Å². The third kappa shape index (κ3) is 2.59. The Hall–Kier alpha value is -3.41. The van der Waals surface area contributed by atoms with E-state index in [1.54, 1.807) is 0 Å². The SMILES string of the molecule is Cc1cc(C)nc(O[C@@H]2C(=O)N3CCNc4ccccc4[C@]23c2ccccc2)n1. The van der Waals surface area contributed by atoms with Gasteiger partial charge < -0.3 is 15.0 Å². The van der Waals surface area contributed by atoms with Gasteiger partial charge in [0.1, 0.15) is 5.54 Å². The molecule has 5 rings (SSSR count). The number of ether oxygens (including phenoxy) is 1. The Morgan fingerprint density at radius 2 is 1.72 bits per heavy atom. The van der Waals surface area contributed by atoms with Crippen LogP contribution in [-0.4, -0.2) is 40.0 Å². The highest BCUT2D eigenvalue weighted by atomic mass is 16.5. The van der Waals surface area contributed by atoms with Crippen LogP contribution < -0.4 is 10.1 Å². The minimum absolute atomic E-state index is 0.0462. The quantitative estimate of drug-likeness (QED) is 0.701. The van der Waals surface area contributed by atoms with Crippen molar-refractivity contribution in [1.82, 2.24) is 14.9 Å². The average molecular weight is 386 g/mol. The summed E-state index contributed by atoms with van der Waals surface area (Å²) in [5, 5.41) is 3.46. The molecule has 3 heterocycles. The highest BCUT2D eigenvalue weighted by Crippen LogP contribution is 2.51. The second kappa shape index (κ2) is 6.58. The summed E-state index contributed by atoms with van der Waals surface area (Å²) in [6.07, 6.45) is -0.729. The molecule has 2 atom stereocenters. The van der Waals surface area contributed by atoms with E-state index in [1.165, 1.54) is 0 Å². The lowest BCUT2D eigenvalue weighted by Gasteiger charge is -2.56. The number of carbonyl (C=O) groups excluding carboxylic acids is 1. The summed E-state index contributed by atoms with van der Waals surface area (Å²) < 4.78 is 6.22. The van der Waals surface area contributed by atoms with Crippen molar-refractivity contribution in [2.75, 3.05) is 18.4 Å². The summed E-state index contributed by atoms with van der Waals surface area (Å²) in [5.74, 6) is -0.0462. The molecule has 0 aliphatic carbocycles. The number of hydrogen-bond donors (Lipinski definition) is 1. The zero-order valence-corrected chi connectivity index (χ0v) is 16.4. The number of benzene rings is 2. The summed E-state index contributed by atoms with van der Waals surface area (Å²) in [6.45, 7) is 5.07. The molecule has 146 valence electrons. The number of fused-ring (bicyclic) bond motifs is 3. The lowest BCUT2D eigenvalue weighted by Crippen LogP contribution is -2.74. The Kier molecular flexibility index (Phi) is 4.01. The molecule has 2 aliphatic rings. The standard InChI is InChI=1S/C23H22N4O2/c1-15-14-16(2)26-22(25-15)29-20-21(28)27-13-12-24-19-11-7-6-10-18(19)23(20,27)17-8-4-3-5-9-17/h3-11,14,20,24H,12-13H2,1-2H3/t20-,23-/m1/s1. The van der Waals surface area contributed by atoms with Crippen molar-refractivity contribution >= 4 is 11.6 Å². The number of para-hydroxylation sites is 1. The lowest BCUT2D eigenvalue weighted by molar-refractivity contribution is -0.176. The van der Waals surface area contributed by atoms with Crippen LogP contribution in [0.4, 0.5) is 5.69 Å². The number of amides is 1. The normalized spacial score (nSPS) is 22.6. The van der Waals surface area contributed by atoms with E-state index in [-0.39, 0.29) is 11.9 Å². The molecule has 0 bridgehead atoms. The van der Waals surface area contributed by atoms with Gasteiger partial charge in [-0.15, -0.1) is 0 Å². The molecule has 2 aliphatic heterocycles. The van der Waals surface area contributed by atoms with Crippen LogP contribution in [0.2, 0.25) is 0 Å². The smallest absolute Gasteiger partial charge is 0.317 e. The summed E-state index contributed by atoms with van der Waals surface area (Å²) in [5.41, 5.74) is 3.96. The van der Waals surface area contributed by atoms with Crippen LogP contribution >= 0.6 is 0 Å². The number of aromatic nitrogens is 2. The molecule has 2 aromatic carbocycles. The molecule has 1 amide bonds. The van der Waals surface area contributed by atoms with Gasteiger partial charge in [-0.3, -0.25) is 4.79 Å². The molecule has 0 unspecified atom stereocenters. The molecule has 6 heteroatoms. The van der Waals surface area contributed by atoms with E-state index in [1.807, 2.05) is 55.1 Å². The molecule has 1 aromatic heterocycles. The van der Waals surface area contributed by atoms with Gasteiger partial charge in [0, 0.05) is 35.7 Å². The molecular formula is C23H22N4O2. The zero-order chi connectivity index (χ0) is 20.0. The first-order valence-electron chi connectivity index (χ1n) is 9.80. The number of hydrogen-bond acceptors (Lipinski definition) is 5. The van der Waals surface area contributed by atoms with Crippen molar-refractivity contribution in [2.45, 2.75) is 25.5 Å². The number of nitrogens with zero attached hydrogens (tertiary/aromatic N) is 3. The molecule has 0 radical (unpaired) electrons. The number of nitrogens with one attached hydrogen (secondary N) is 1. The second-order valence-electron chi connectivity index (χ2n) is 7.53. The van der Waals surface area contributed by atoms with Crippen molar-refractivity contribution in [3.63, 3.8) is 0 Å². The van der Waals surface area contributed by atoms with E-state index in [4.69, 9.17) is 4.74 Å². The molecule has 0 saturated carbocycles. The molecule has 1 saturated heterocycles. The average Bonchev–Trinajstić information content (AvgIpc) is 2.87. The third-order valence-corrected chi connectivity index (χ3v) is 5.68. The minimum atomic E-state index is -0.729. The number of carbonyl (C=O) groups is 1. The van der Waals surface area contributed by atoms with Gasteiger partial charge in [-0.05, 0) is 31.5 Å². The van der Waals surface area contributed by atoms with E-state index < -0.39 is 11.6 Å². The Morgan fingerprint density at radius 3 is 2.48 bits per heavy atom. The molecule has 0 spiro atoms. The van der Waals surface area contributed by atoms with Crippen molar-refractivity contribution in [3.8, 4) is 6.01 Å². The highest BCUT2D eigenvalue weighted by Gasteiger charge is 2.65. The van der Waals surface area contributed by atoms with Gasteiger partial charge in [0.25, 0.3) is 5.91 Å². The Morgan fingerprint density at radius 1 is 1.03 bits per heavy atom. The fourth-order valence-corrected chi connectivity index (χ4v) is 4.56. The summed E-state index contributed by atoms with van der Waals surface area (Å²) in [4.78, 5) is 24.0. The summed E-state index contributed by atoms with van der Waals surface area (Å²) >= 11 is 0. The van der Waals surface area contributed by atoms with Crippen molar-refractivity contribution < 1.29 is 9.53 Å². The zero-order valence-electron chi connectivity index (χ0n) is 16.4. The Balaban J connectivity index is 1.70.